The van der Waals surface area contributed by atoms with Gasteiger partial charge in [0.2, 0.25) is 10.0 Å². The normalized spacial score (nSPS) is 16.1. The zero-order valence-corrected chi connectivity index (χ0v) is 17.0. The van der Waals surface area contributed by atoms with Gasteiger partial charge in [-0.25, -0.2) is 16.8 Å². The average molecular weight is 410 g/mol. The Hall–Kier alpha value is -1.90. The van der Waals surface area contributed by atoms with Gasteiger partial charge in [0.25, 0.3) is 0 Å². The molecular formula is C19H23NO5S2. The molecule has 0 bridgehead atoms. The minimum atomic E-state index is -3.67. The molecule has 6 nitrogen and oxygen atoms in total. The molecule has 0 N–H and O–H groups in total. The highest BCUT2D eigenvalue weighted by molar-refractivity contribution is 7.92. The van der Waals surface area contributed by atoms with Gasteiger partial charge in [-0.3, -0.25) is 0 Å². The summed E-state index contributed by atoms with van der Waals surface area (Å²) >= 11 is 0. The number of sulfone groups is 1. The number of rotatable bonds is 7. The van der Waals surface area contributed by atoms with Crippen LogP contribution in [-0.2, 0) is 26.3 Å². The Bertz CT molecular complexity index is 991. The van der Waals surface area contributed by atoms with E-state index in [0.717, 1.165) is 18.4 Å². The van der Waals surface area contributed by atoms with Crippen LogP contribution in [-0.4, -0.2) is 46.6 Å². The molecule has 0 aromatic heterocycles. The van der Waals surface area contributed by atoms with Gasteiger partial charge in [-0.05, 0) is 48.4 Å². The van der Waals surface area contributed by atoms with E-state index in [0.29, 0.717) is 5.75 Å². The van der Waals surface area contributed by atoms with Crippen molar-refractivity contribution in [2.45, 2.75) is 34.8 Å². The summed E-state index contributed by atoms with van der Waals surface area (Å²) in [6.45, 7) is 1.99. The van der Waals surface area contributed by atoms with Crippen molar-refractivity contribution in [3.05, 3.63) is 54.1 Å². The summed E-state index contributed by atoms with van der Waals surface area (Å²) in [6.07, 6.45) is 1.88. The number of nitrogens with zero attached hydrogens (tertiary/aromatic N) is 1. The molecule has 27 heavy (non-hydrogen) atoms. The topological polar surface area (TPSA) is 80.8 Å². The lowest BCUT2D eigenvalue weighted by Crippen LogP contribution is -2.56. The van der Waals surface area contributed by atoms with Crippen LogP contribution >= 0.6 is 0 Å². The Kier molecular flexibility index (Phi) is 5.60. The molecule has 0 unspecified atom stereocenters. The van der Waals surface area contributed by atoms with Crippen molar-refractivity contribution in [3.8, 4) is 5.75 Å². The molecule has 2 aromatic carbocycles. The molecule has 8 heteroatoms. The van der Waals surface area contributed by atoms with E-state index in [1.54, 1.807) is 24.3 Å². The van der Waals surface area contributed by atoms with Crippen molar-refractivity contribution < 1.29 is 21.6 Å². The van der Waals surface area contributed by atoms with Crippen molar-refractivity contribution in [1.29, 1.82) is 0 Å². The predicted molar refractivity (Wildman–Crippen MR) is 103 cm³/mol. The van der Waals surface area contributed by atoms with E-state index in [-0.39, 0.29) is 22.9 Å². The summed E-state index contributed by atoms with van der Waals surface area (Å²) in [5.41, 5.74) is 1.08. The molecule has 1 heterocycles. The summed E-state index contributed by atoms with van der Waals surface area (Å²) in [5, 5.41) is -0.736. The van der Waals surface area contributed by atoms with Crippen molar-refractivity contribution in [2.75, 3.05) is 20.2 Å². The number of methoxy groups -OCH3 is 1. The quantitative estimate of drug-likeness (QED) is 0.702. The van der Waals surface area contributed by atoms with Crippen LogP contribution in [0.1, 0.15) is 18.9 Å². The molecule has 1 saturated heterocycles. The highest BCUT2D eigenvalue weighted by atomic mass is 32.2. The zero-order chi connectivity index (χ0) is 19.7. The molecule has 146 valence electrons. The van der Waals surface area contributed by atoms with E-state index in [1.807, 2.05) is 12.1 Å². The van der Waals surface area contributed by atoms with Crippen LogP contribution in [0.15, 0.2) is 58.3 Å². The molecule has 1 aliphatic rings. The van der Waals surface area contributed by atoms with Gasteiger partial charge < -0.3 is 4.74 Å². The lowest BCUT2D eigenvalue weighted by Gasteiger charge is -2.37. The first-order valence-corrected chi connectivity index (χ1v) is 11.7. The van der Waals surface area contributed by atoms with Crippen LogP contribution in [0, 0.1) is 0 Å². The lowest BCUT2D eigenvalue weighted by atomic mass is 10.1. The fourth-order valence-corrected chi connectivity index (χ4v) is 6.39. The van der Waals surface area contributed by atoms with Gasteiger partial charge in [0.1, 0.15) is 5.75 Å². The second-order valence-corrected chi connectivity index (χ2v) is 10.7. The minimum Gasteiger partial charge on any atom is -0.497 e. The number of aryl methyl sites for hydroxylation is 1. The molecule has 0 radical (unpaired) electrons. The third kappa shape index (κ3) is 3.88. The molecule has 0 spiro atoms. The molecule has 0 saturated carbocycles. The van der Waals surface area contributed by atoms with Gasteiger partial charge in [0, 0.05) is 13.1 Å². The highest BCUT2D eigenvalue weighted by Crippen LogP contribution is 2.29. The van der Waals surface area contributed by atoms with Gasteiger partial charge in [-0.1, -0.05) is 25.5 Å². The number of sulfonamides is 1. The zero-order valence-electron chi connectivity index (χ0n) is 15.3. The van der Waals surface area contributed by atoms with Gasteiger partial charge in [-0.2, -0.15) is 4.31 Å². The maximum Gasteiger partial charge on any atom is 0.243 e. The maximum absolute atomic E-state index is 12.7. The number of hydrogen-bond donors (Lipinski definition) is 0. The summed E-state index contributed by atoms with van der Waals surface area (Å²) in [6, 6.07) is 12.9. The van der Waals surface area contributed by atoms with Crippen molar-refractivity contribution in [3.63, 3.8) is 0 Å². The molecule has 2 aromatic rings. The van der Waals surface area contributed by atoms with Crippen molar-refractivity contribution in [2.24, 2.45) is 0 Å². The van der Waals surface area contributed by atoms with E-state index < -0.39 is 25.1 Å². The Morgan fingerprint density at radius 1 is 0.926 bits per heavy atom. The molecule has 0 amide bonds. The first kappa shape index (κ1) is 19.9. The van der Waals surface area contributed by atoms with Crippen molar-refractivity contribution in [1.82, 2.24) is 4.31 Å². The predicted octanol–water partition coefficient (Wildman–Crippen LogP) is 2.49. The second kappa shape index (κ2) is 7.61. The van der Waals surface area contributed by atoms with Gasteiger partial charge >= 0.3 is 0 Å². The smallest absolute Gasteiger partial charge is 0.243 e. The van der Waals surface area contributed by atoms with Gasteiger partial charge in [-0.15, -0.1) is 0 Å². The molecular weight excluding hydrogens is 386 g/mol. The summed E-state index contributed by atoms with van der Waals surface area (Å²) < 4.78 is 57.0. The Balaban J connectivity index is 1.71. The molecule has 1 fully saturated rings. The third-order valence-electron chi connectivity index (χ3n) is 4.74. The summed E-state index contributed by atoms with van der Waals surface area (Å²) in [4.78, 5) is 0.372. The largest absolute Gasteiger partial charge is 0.497 e. The number of ether oxygens (including phenoxy) is 1. The molecule has 3 rings (SSSR count). The lowest BCUT2D eigenvalue weighted by molar-refractivity contribution is 0.309. The average Bonchev–Trinajstić information content (AvgIpc) is 2.61. The third-order valence-corrected chi connectivity index (χ3v) is 8.69. The standard InChI is InChI=1S/C19H23NO5S2/c1-3-4-15-5-9-18(10-6-15)27(23,24)20-13-19(14-20)26(21,22)17-11-7-16(25-2)8-12-17/h5-12,19H,3-4,13-14H2,1-2H3. The van der Waals surface area contributed by atoms with E-state index >= 15 is 0 Å². The highest BCUT2D eigenvalue weighted by Gasteiger charge is 2.44. The monoisotopic (exact) mass is 409 g/mol. The first-order chi connectivity index (χ1) is 12.8. The van der Waals surface area contributed by atoms with Crippen molar-refractivity contribution >= 4 is 19.9 Å². The van der Waals surface area contributed by atoms with Gasteiger partial charge in [0.15, 0.2) is 9.84 Å². The SMILES string of the molecule is CCCc1ccc(S(=O)(=O)N2CC(S(=O)(=O)c3ccc(OC)cc3)C2)cc1. The molecule has 0 aliphatic carbocycles. The van der Waals surface area contributed by atoms with Crippen LogP contribution in [0.2, 0.25) is 0 Å². The fourth-order valence-electron chi connectivity index (χ4n) is 3.02. The van der Waals surface area contributed by atoms with E-state index in [4.69, 9.17) is 4.74 Å². The minimum absolute atomic E-state index is 0.0343. The van der Waals surface area contributed by atoms with Crippen LogP contribution in [0.4, 0.5) is 0 Å². The first-order valence-electron chi connectivity index (χ1n) is 8.76. The second-order valence-electron chi connectivity index (χ2n) is 6.56. The maximum atomic E-state index is 12.7. The van der Waals surface area contributed by atoms with Gasteiger partial charge in [0.05, 0.1) is 22.2 Å². The van der Waals surface area contributed by atoms with E-state index in [9.17, 15) is 16.8 Å². The van der Waals surface area contributed by atoms with E-state index in [1.165, 1.54) is 23.5 Å². The Morgan fingerprint density at radius 3 is 2.00 bits per heavy atom. The fraction of sp³-hybridized carbons (Fsp3) is 0.368. The van der Waals surface area contributed by atoms with Crippen LogP contribution < -0.4 is 4.74 Å². The number of benzene rings is 2. The Labute approximate surface area is 160 Å². The summed E-state index contributed by atoms with van der Waals surface area (Å²) in [5.74, 6) is 0.568. The number of hydrogen-bond acceptors (Lipinski definition) is 5. The Morgan fingerprint density at radius 2 is 1.48 bits per heavy atom. The summed E-state index contributed by atoms with van der Waals surface area (Å²) in [7, 11) is -5.74. The van der Waals surface area contributed by atoms with E-state index in [2.05, 4.69) is 6.92 Å². The van der Waals surface area contributed by atoms with Crippen LogP contribution in [0.5, 0.6) is 5.75 Å². The van der Waals surface area contributed by atoms with Crippen LogP contribution in [0.25, 0.3) is 0 Å². The molecule has 1 aliphatic heterocycles. The molecule has 0 atom stereocenters. The van der Waals surface area contributed by atoms with Crippen LogP contribution in [0.3, 0.4) is 0 Å².